The Hall–Kier alpha value is -1.26. The lowest BCUT2D eigenvalue weighted by Gasteiger charge is -2.23. The van der Waals surface area contributed by atoms with Crippen LogP contribution in [0.2, 0.25) is 0 Å². The standard InChI is InChI=1S/C12H19BN2O2/c1-11(2,3)16-9-8(13)7-14-10(15-9)17-12(4,5)6/h7H,1-6H3. The highest BCUT2D eigenvalue weighted by atomic mass is 16.5. The minimum Gasteiger partial charge on any atom is -0.472 e. The molecule has 0 atom stereocenters. The molecule has 0 fully saturated rings. The lowest BCUT2D eigenvalue weighted by Crippen LogP contribution is -2.29. The summed E-state index contributed by atoms with van der Waals surface area (Å²) in [5.41, 5.74) is -0.308. The smallest absolute Gasteiger partial charge is 0.320 e. The highest BCUT2D eigenvalue weighted by molar-refractivity contribution is 6.33. The van der Waals surface area contributed by atoms with E-state index in [2.05, 4.69) is 9.97 Å². The molecule has 5 heteroatoms. The van der Waals surface area contributed by atoms with Crippen molar-refractivity contribution in [2.24, 2.45) is 0 Å². The summed E-state index contributed by atoms with van der Waals surface area (Å²) in [5, 5.41) is 0. The van der Waals surface area contributed by atoms with Gasteiger partial charge in [-0.05, 0) is 47.0 Å². The van der Waals surface area contributed by atoms with Gasteiger partial charge in [-0.3, -0.25) is 0 Å². The predicted octanol–water partition coefficient (Wildman–Crippen LogP) is 1.62. The second-order valence-corrected chi connectivity index (χ2v) is 5.84. The molecule has 0 aromatic carbocycles. The largest absolute Gasteiger partial charge is 0.472 e. The Morgan fingerprint density at radius 1 is 1.00 bits per heavy atom. The van der Waals surface area contributed by atoms with Gasteiger partial charge >= 0.3 is 6.01 Å². The molecule has 17 heavy (non-hydrogen) atoms. The first-order chi connectivity index (χ1) is 7.57. The van der Waals surface area contributed by atoms with Crippen LogP contribution in [0.1, 0.15) is 41.5 Å². The Balaban J connectivity index is 2.95. The summed E-state index contributed by atoms with van der Waals surface area (Å²) in [4.78, 5) is 8.18. The zero-order valence-electron chi connectivity index (χ0n) is 11.4. The maximum atomic E-state index is 5.75. The van der Waals surface area contributed by atoms with Crippen LogP contribution in [0.3, 0.4) is 0 Å². The van der Waals surface area contributed by atoms with E-state index < -0.39 is 0 Å². The van der Waals surface area contributed by atoms with Gasteiger partial charge in [0.2, 0.25) is 5.88 Å². The SMILES string of the molecule is [B]c1cnc(OC(C)(C)C)nc1OC(C)(C)C. The Kier molecular flexibility index (Phi) is 3.70. The molecule has 1 aromatic heterocycles. The first kappa shape index (κ1) is 13.8. The van der Waals surface area contributed by atoms with Gasteiger partial charge in [0.15, 0.2) is 0 Å². The number of aromatic nitrogens is 2. The first-order valence-electron chi connectivity index (χ1n) is 5.57. The maximum Gasteiger partial charge on any atom is 0.320 e. The quantitative estimate of drug-likeness (QED) is 0.729. The van der Waals surface area contributed by atoms with Crippen molar-refractivity contribution in [1.82, 2.24) is 9.97 Å². The summed E-state index contributed by atoms with van der Waals surface area (Å²) in [6.07, 6.45) is 1.50. The van der Waals surface area contributed by atoms with E-state index in [1.54, 1.807) is 0 Å². The van der Waals surface area contributed by atoms with Gasteiger partial charge < -0.3 is 9.47 Å². The summed E-state index contributed by atoms with van der Waals surface area (Å²) < 4.78 is 11.2. The average Bonchev–Trinajstić information content (AvgIpc) is 2.05. The Morgan fingerprint density at radius 3 is 2.00 bits per heavy atom. The minimum atomic E-state index is -0.360. The third kappa shape index (κ3) is 5.07. The van der Waals surface area contributed by atoms with Crippen LogP contribution in [0.15, 0.2) is 6.20 Å². The van der Waals surface area contributed by atoms with Crippen molar-refractivity contribution in [1.29, 1.82) is 0 Å². The third-order valence-corrected chi connectivity index (χ3v) is 1.56. The van der Waals surface area contributed by atoms with Crippen molar-refractivity contribution < 1.29 is 9.47 Å². The van der Waals surface area contributed by atoms with E-state index in [1.807, 2.05) is 41.5 Å². The molecule has 0 unspecified atom stereocenters. The van der Waals surface area contributed by atoms with Gasteiger partial charge in [0.25, 0.3) is 0 Å². The maximum absolute atomic E-state index is 5.75. The molecule has 92 valence electrons. The van der Waals surface area contributed by atoms with Crippen LogP contribution < -0.4 is 14.9 Å². The minimum absolute atomic E-state index is 0.269. The second-order valence-electron chi connectivity index (χ2n) is 5.84. The van der Waals surface area contributed by atoms with Crippen molar-refractivity contribution in [2.75, 3.05) is 0 Å². The summed E-state index contributed by atoms with van der Waals surface area (Å²) in [7, 11) is 5.75. The van der Waals surface area contributed by atoms with Crippen LogP contribution in [0.5, 0.6) is 11.9 Å². The van der Waals surface area contributed by atoms with Gasteiger partial charge in [-0.25, -0.2) is 4.98 Å². The van der Waals surface area contributed by atoms with Crippen LogP contribution in [-0.2, 0) is 0 Å². The topological polar surface area (TPSA) is 44.2 Å². The summed E-state index contributed by atoms with van der Waals surface area (Å²) in [6, 6.07) is 0.269. The number of nitrogens with zero attached hydrogens (tertiary/aromatic N) is 2. The molecule has 0 amide bonds. The normalized spacial score (nSPS) is 12.4. The molecule has 0 aliphatic rings. The lowest BCUT2D eigenvalue weighted by molar-refractivity contribution is 0.104. The fraction of sp³-hybridized carbons (Fsp3) is 0.667. The number of hydrogen-bond acceptors (Lipinski definition) is 4. The second kappa shape index (κ2) is 4.55. The molecule has 0 N–H and O–H groups in total. The summed E-state index contributed by atoms with van der Waals surface area (Å²) in [6.45, 7) is 11.6. The number of hydrogen-bond donors (Lipinski definition) is 0. The Labute approximate surface area is 104 Å². The molecule has 2 radical (unpaired) electrons. The van der Waals surface area contributed by atoms with E-state index in [0.29, 0.717) is 11.3 Å². The van der Waals surface area contributed by atoms with Gasteiger partial charge in [-0.2, -0.15) is 4.98 Å². The molecule has 4 nitrogen and oxygen atoms in total. The highest BCUT2D eigenvalue weighted by Gasteiger charge is 2.18. The fourth-order valence-electron chi connectivity index (χ4n) is 1.06. The van der Waals surface area contributed by atoms with Crippen LogP contribution in [0.4, 0.5) is 0 Å². The number of rotatable bonds is 2. The molecule has 0 aliphatic carbocycles. The van der Waals surface area contributed by atoms with Gasteiger partial charge in [0.1, 0.15) is 19.0 Å². The van der Waals surface area contributed by atoms with Gasteiger partial charge in [0.05, 0.1) is 0 Å². The van der Waals surface area contributed by atoms with Crippen LogP contribution in [0, 0.1) is 0 Å². The van der Waals surface area contributed by atoms with Crippen molar-refractivity contribution in [3.63, 3.8) is 0 Å². The van der Waals surface area contributed by atoms with E-state index in [4.69, 9.17) is 17.3 Å². The van der Waals surface area contributed by atoms with E-state index in [-0.39, 0.29) is 17.2 Å². The summed E-state index contributed by atoms with van der Waals surface area (Å²) in [5.74, 6) is 0.353. The predicted molar refractivity (Wildman–Crippen MR) is 68.2 cm³/mol. The molecule has 0 spiro atoms. The zero-order chi connectivity index (χ0) is 13.3. The van der Waals surface area contributed by atoms with Crippen LogP contribution in [-0.4, -0.2) is 29.0 Å². The first-order valence-corrected chi connectivity index (χ1v) is 5.57. The van der Waals surface area contributed by atoms with Crippen LogP contribution >= 0.6 is 0 Å². The van der Waals surface area contributed by atoms with Gasteiger partial charge in [-0.1, -0.05) is 0 Å². The van der Waals surface area contributed by atoms with E-state index in [1.165, 1.54) is 6.20 Å². The molecule has 1 aromatic rings. The number of ether oxygens (including phenoxy) is 2. The fourth-order valence-corrected chi connectivity index (χ4v) is 1.06. The van der Waals surface area contributed by atoms with Crippen molar-refractivity contribution in [2.45, 2.75) is 52.7 Å². The Morgan fingerprint density at radius 2 is 1.53 bits per heavy atom. The van der Waals surface area contributed by atoms with E-state index in [9.17, 15) is 0 Å². The molecule has 0 aliphatic heterocycles. The van der Waals surface area contributed by atoms with Crippen LogP contribution in [0.25, 0.3) is 0 Å². The molecule has 0 bridgehead atoms. The molecule has 0 saturated carbocycles. The van der Waals surface area contributed by atoms with Gasteiger partial charge in [0, 0.05) is 6.20 Å². The molecular formula is C12H19BN2O2. The summed E-state index contributed by atoms with van der Waals surface area (Å²) >= 11 is 0. The molecular weight excluding hydrogens is 215 g/mol. The van der Waals surface area contributed by atoms with E-state index >= 15 is 0 Å². The van der Waals surface area contributed by atoms with Gasteiger partial charge in [-0.15, -0.1) is 0 Å². The molecule has 1 heterocycles. The monoisotopic (exact) mass is 234 g/mol. The highest BCUT2D eigenvalue weighted by Crippen LogP contribution is 2.17. The van der Waals surface area contributed by atoms with Crippen molar-refractivity contribution in [3.8, 4) is 11.9 Å². The lowest BCUT2D eigenvalue weighted by atomic mass is 10.00. The zero-order valence-corrected chi connectivity index (χ0v) is 11.4. The average molecular weight is 234 g/mol. The molecule has 0 saturated heterocycles. The van der Waals surface area contributed by atoms with Crippen molar-refractivity contribution in [3.05, 3.63) is 6.20 Å². The van der Waals surface area contributed by atoms with E-state index in [0.717, 1.165) is 0 Å². The Bertz CT molecular complexity index is 394. The van der Waals surface area contributed by atoms with Crippen molar-refractivity contribution >= 4 is 13.3 Å². The molecule has 1 rings (SSSR count). The third-order valence-electron chi connectivity index (χ3n) is 1.56.